The van der Waals surface area contributed by atoms with E-state index in [0.29, 0.717) is 6.07 Å². The zero-order valence-corrected chi connectivity index (χ0v) is 24.0. The monoisotopic (exact) mass is 650 g/mol. The lowest BCUT2D eigenvalue weighted by Crippen LogP contribution is -2.47. The molecule has 2 aromatic heterocycles. The number of nitrogens with one attached hydrogen (secondary N) is 1. The Kier molecular flexibility index (Phi) is 10.0. The molecule has 0 spiro atoms. The van der Waals surface area contributed by atoms with Crippen LogP contribution in [0.4, 0.5) is 35.1 Å². The normalized spacial score (nSPS) is 20.1. The number of alkyl halides is 8. The Labute approximate surface area is 241 Å². The third-order valence-electron chi connectivity index (χ3n) is 7.35. The van der Waals surface area contributed by atoms with E-state index in [9.17, 15) is 53.4 Å². The third-order valence-corrected chi connectivity index (χ3v) is 9.03. The molecule has 0 radical (unpaired) electrons. The molecule has 0 bridgehead atoms. The van der Waals surface area contributed by atoms with Crippen LogP contribution in [0, 0.1) is 12.8 Å². The Hall–Kier alpha value is -3.02. The second-order valence-electron chi connectivity index (χ2n) is 10.5. The van der Waals surface area contributed by atoms with E-state index < -0.39 is 69.3 Å². The van der Waals surface area contributed by atoms with Crippen molar-refractivity contribution in [2.45, 2.75) is 82.3 Å². The van der Waals surface area contributed by atoms with Gasteiger partial charge >= 0.3 is 19.0 Å². The summed E-state index contributed by atoms with van der Waals surface area (Å²) in [5.74, 6) is -5.35. The predicted molar refractivity (Wildman–Crippen MR) is 136 cm³/mol. The number of aliphatic hydroxyl groups is 1. The molecular formula is C25H30F8N4O5S. The molecule has 0 unspecified atom stereocenters. The van der Waals surface area contributed by atoms with Crippen molar-refractivity contribution >= 4 is 15.7 Å². The van der Waals surface area contributed by atoms with Gasteiger partial charge in [-0.05, 0) is 39.5 Å². The second kappa shape index (κ2) is 12.5. The topological polar surface area (TPSA) is 123 Å². The maximum Gasteiger partial charge on any atom is 0.400 e. The smallest absolute Gasteiger partial charge is 0.400 e. The minimum Gasteiger partial charge on any atom is -0.434 e. The van der Waals surface area contributed by atoms with Gasteiger partial charge in [0.1, 0.15) is 15.6 Å². The number of ether oxygens (including phenoxy) is 1. The standard InChI is InChI=1S/C25H30F8N4O5S/c1-4-37-20(13(2)19(36-37)21(38)35-12-23(39)7-5-15(6-8-23)43(3,40)41)16-11-34-14(9-17(16)42-22(26)27)10-18(24(28,29)30)25(31,32)33/h9,11,15,18,22,39H,4-8,10,12H2,1-3H3,(H,35,38)/t15-,23-. The summed E-state index contributed by atoms with van der Waals surface area (Å²) in [7, 11) is -3.29. The van der Waals surface area contributed by atoms with Crippen molar-refractivity contribution in [3.05, 3.63) is 29.2 Å². The molecule has 1 amide bonds. The van der Waals surface area contributed by atoms with Gasteiger partial charge in [0.2, 0.25) is 0 Å². The number of carbonyl (C=O) groups excluding carboxylic acids is 1. The van der Waals surface area contributed by atoms with Gasteiger partial charge in [-0.25, -0.2) is 8.42 Å². The van der Waals surface area contributed by atoms with Crippen molar-refractivity contribution in [3.8, 4) is 17.0 Å². The van der Waals surface area contributed by atoms with E-state index in [1.165, 1.54) is 11.6 Å². The summed E-state index contributed by atoms with van der Waals surface area (Å²) >= 11 is 0. The quantitative estimate of drug-likeness (QED) is 0.360. The molecule has 2 heterocycles. The summed E-state index contributed by atoms with van der Waals surface area (Å²) in [5, 5.41) is 16.9. The van der Waals surface area contributed by atoms with Crippen molar-refractivity contribution in [2.75, 3.05) is 12.8 Å². The van der Waals surface area contributed by atoms with Crippen LogP contribution in [-0.4, -0.2) is 76.8 Å². The number of hydrogen-bond acceptors (Lipinski definition) is 7. The average molecular weight is 651 g/mol. The van der Waals surface area contributed by atoms with Gasteiger partial charge < -0.3 is 15.2 Å². The van der Waals surface area contributed by atoms with E-state index in [1.54, 1.807) is 6.92 Å². The Morgan fingerprint density at radius 2 is 1.77 bits per heavy atom. The highest BCUT2D eigenvalue weighted by Gasteiger charge is 2.56. The number of pyridine rings is 1. The molecule has 43 heavy (non-hydrogen) atoms. The van der Waals surface area contributed by atoms with Gasteiger partial charge in [0.15, 0.2) is 11.6 Å². The highest BCUT2D eigenvalue weighted by Crippen LogP contribution is 2.42. The first-order chi connectivity index (χ1) is 19.7. The zero-order chi connectivity index (χ0) is 32.5. The van der Waals surface area contributed by atoms with Crippen LogP contribution >= 0.6 is 0 Å². The lowest BCUT2D eigenvalue weighted by Gasteiger charge is -2.35. The first kappa shape index (κ1) is 34.5. The summed E-state index contributed by atoms with van der Waals surface area (Å²) in [4.78, 5) is 16.7. The molecule has 9 nitrogen and oxygen atoms in total. The summed E-state index contributed by atoms with van der Waals surface area (Å²) in [6.45, 7) is -0.729. The van der Waals surface area contributed by atoms with Gasteiger partial charge in [-0.2, -0.15) is 40.2 Å². The number of carbonyl (C=O) groups is 1. The van der Waals surface area contributed by atoms with E-state index in [1.807, 2.05) is 0 Å². The zero-order valence-electron chi connectivity index (χ0n) is 23.2. The molecule has 0 saturated heterocycles. The molecule has 3 rings (SSSR count). The maximum atomic E-state index is 13.3. The van der Waals surface area contributed by atoms with Crippen LogP contribution in [0.2, 0.25) is 0 Å². The summed E-state index contributed by atoms with van der Waals surface area (Å²) in [6, 6.07) is 0.556. The summed E-state index contributed by atoms with van der Waals surface area (Å²) in [5.41, 5.74) is -2.56. The molecule has 1 fully saturated rings. The molecule has 0 aromatic carbocycles. The second-order valence-corrected chi connectivity index (χ2v) is 12.8. The number of hydrogen-bond donors (Lipinski definition) is 2. The van der Waals surface area contributed by atoms with E-state index in [0.717, 1.165) is 12.5 Å². The predicted octanol–water partition coefficient (Wildman–Crippen LogP) is 4.61. The van der Waals surface area contributed by atoms with Gasteiger partial charge in [-0.1, -0.05) is 0 Å². The van der Waals surface area contributed by atoms with Crippen LogP contribution in [0.5, 0.6) is 5.75 Å². The van der Waals surface area contributed by atoms with E-state index >= 15 is 0 Å². The molecule has 0 aliphatic heterocycles. The first-order valence-electron chi connectivity index (χ1n) is 13.0. The van der Waals surface area contributed by atoms with Gasteiger partial charge in [0.25, 0.3) is 5.91 Å². The number of halogens is 8. The minimum absolute atomic E-state index is 0.00193. The van der Waals surface area contributed by atoms with Crippen molar-refractivity contribution in [1.82, 2.24) is 20.1 Å². The molecule has 0 atom stereocenters. The molecule has 242 valence electrons. The van der Waals surface area contributed by atoms with Crippen LogP contribution < -0.4 is 10.1 Å². The van der Waals surface area contributed by atoms with E-state index in [4.69, 9.17) is 0 Å². The van der Waals surface area contributed by atoms with Gasteiger partial charge in [0.05, 0.1) is 22.1 Å². The van der Waals surface area contributed by atoms with Crippen LogP contribution in [0.25, 0.3) is 11.3 Å². The third kappa shape index (κ3) is 8.33. The number of nitrogens with zero attached hydrogens (tertiary/aromatic N) is 3. The van der Waals surface area contributed by atoms with Crippen molar-refractivity contribution in [3.63, 3.8) is 0 Å². The number of aromatic nitrogens is 3. The van der Waals surface area contributed by atoms with Crippen molar-refractivity contribution < 1.29 is 58.2 Å². The SMILES string of the molecule is CCn1nc(C(=O)NC[C@]2(O)CC[C@H](S(C)(=O)=O)CC2)c(C)c1-c1cnc(CC(C(F)(F)F)C(F)(F)F)cc1OC(F)F. The lowest BCUT2D eigenvalue weighted by molar-refractivity contribution is -0.283. The Balaban J connectivity index is 1.91. The van der Waals surface area contributed by atoms with Crippen LogP contribution in [-0.2, 0) is 22.8 Å². The molecular weight excluding hydrogens is 620 g/mol. The number of sulfone groups is 1. The van der Waals surface area contributed by atoms with Crippen LogP contribution in [0.1, 0.15) is 54.4 Å². The van der Waals surface area contributed by atoms with Crippen molar-refractivity contribution in [1.29, 1.82) is 0 Å². The number of amides is 1. The highest BCUT2D eigenvalue weighted by molar-refractivity contribution is 7.91. The molecule has 1 saturated carbocycles. The average Bonchev–Trinajstić information content (AvgIpc) is 3.20. The number of aryl methyl sites for hydroxylation is 1. The molecule has 1 aliphatic rings. The Bertz CT molecular complexity index is 1400. The fourth-order valence-corrected chi connectivity index (χ4v) is 6.08. The van der Waals surface area contributed by atoms with E-state index in [2.05, 4.69) is 20.1 Å². The van der Waals surface area contributed by atoms with Crippen molar-refractivity contribution in [2.24, 2.45) is 5.92 Å². The molecule has 18 heteroatoms. The summed E-state index contributed by atoms with van der Waals surface area (Å²) in [6.07, 6.45) is -10.6. The Morgan fingerprint density at radius 1 is 1.19 bits per heavy atom. The molecule has 2 aromatic rings. The first-order valence-corrected chi connectivity index (χ1v) is 15.0. The van der Waals surface area contributed by atoms with Crippen LogP contribution in [0.15, 0.2) is 12.3 Å². The molecule has 2 N–H and O–H groups in total. The largest absolute Gasteiger partial charge is 0.434 e. The lowest BCUT2D eigenvalue weighted by atomic mass is 9.84. The highest BCUT2D eigenvalue weighted by atomic mass is 32.2. The van der Waals surface area contributed by atoms with E-state index in [-0.39, 0.29) is 61.3 Å². The fourth-order valence-electron chi connectivity index (χ4n) is 4.99. The fraction of sp³-hybridized carbons (Fsp3) is 0.640. The van der Waals surface area contributed by atoms with Gasteiger partial charge in [0, 0.05) is 49.3 Å². The minimum atomic E-state index is -5.68. The summed E-state index contributed by atoms with van der Waals surface area (Å²) < 4.78 is 134. The van der Waals surface area contributed by atoms with Crippen LogP contribution in [0.3, 0.4) is 0 Å². The maximum absolute atomic E-state index is 13.3. The molecule has 1 aliphatic carbocycles. The number of rotatable bonds is 10. The van der Waals surface area contributed by atoms with Gasteiger partial charge in [-0.3, -0.25) is 14.5 Å². The van der Waals surface area contributed by atoms with Gasteiger partial charge in [-0.15, -0.1) is 0 Å². The Morgan fingerprint density at radius 3 is 2.26 bits per heavy atom.